The quantitative estimate of drug-likeness (QED) is 0.537. The summed E-state index contributed by atoms with van der Waals surface area (Å²) in [6, 6.07) is 2.32. The van der Waals surface area contributed by atoms with Crippen molar-refractivity contribution in [1.29, 1.82) is 0 Å². The molecule has 1 aromatic carbocycles. The van der Waals surface area contributed by atoms with Crippen LogP contribution >= 0.6 is 43.5 Å². The molecule has 0 unspecified atom stereocenters. The molecule has 1 nitrogen and oxygen atoms in total. The third kappa shape index (κ3) is 2.78. The highest BCUT2D eigenvalue weighted by Crippen LogP contribution is 2.41. The molecule has 0 aliphatic rings. The first-order valence-electron chi connectivity index (χ1n) is 3.93. The first-order valence-corrected chi connectivity index (χ1v) is 6.22. The molecule has 0 radical (unpaired) electrons. The summed E-state index contributed by atoms with van der Waals surface area (Å²) >= 11 is 11.1. The molecule has 7 heteroatoms. The van der Waals surface area contributed by atoms with Crippen molar-refractivity contribution in [2.24, 2.45) is 0 Å². The minimum Gasteiger partial charge on any atom is -0.293 e. The maximum Gasteiger partial charge on any atom is 0.418 e. The Hall–Kier alpha value is -0.0700. The molecule has 0 atom stereocenters. The van der Waals surface area contributed by atoms with Gasteiger partial charge in [-0.25, -0.2) is 0 Å². The topological polar surface area (TPSA) is 17.1 Å². The van der Waals surface area contributed by atoms with Crippen LogP contribution in [0.4, 0.5) is 13.2 Å². The van der Waals surface area contributed by atoms with Gasteiger partial charge in [-0.05, 0) is 28.1 Å². The highest BCUT2D eigenvalue weighted by atomic mass is 79.9. The van der Waals surface area contributed by atoms with Gasteiger partial charge in [0.05, 0.1) is 15.9 Å². The van der Waals surface area contributed by atoms with E-state index in [1.54, 1.807) is 0 Å². The molecule has 0 saturated heterocycles. The highest BCUT2D eigenvalue weighted by molar-refractivity contribution is 9.10. The lowest BCUT2D eigenvalue weighted by Gasteiger charge is -2.13. The molecule has 0 aliphatic heterocycles. The molecule has 1 rings (SSSR count). The summed E-state index contributed by atoms with van der Waals surface area (Å²) in [5, 5.41) is -0.490. The van der Waals surface area contributed by atoms with E-state index in [0.29, 0.717) is 0 Å². The number of ketones is 1. The second-order valence-electron chi connectivity index (χ2n) is 2.84. The lowest BCUT2D eigenvalue weighted by molar-refractivity contribution is -0.138. The Morgan fingerprint density at radius 2 is 1.94 bits per heavy atom. The Morgan fingerprint density at radius 3 is 2.38 bits per heavy atom. The van der Waals surface area contributed by atoms with Crippen LogP contribution in [0.25, 0.3) is 0 Å². The summed E-state index contributed by atoms with van der Waals surface area (Å²) in [5.74, 6) is -0.450. The maximum absolute atomic E-state index is 12.6. The number of rotatable bonds is 2. The van der Waals surface area contributed by atoms with E-state index in [-0.39, 0.29) is 15.4 Å². The predicted octanol–water partition coefficient (Wildman–Crippen LogP) is 4.70. The first-order chi connectivity index (χ1) is 7.29. The second-order valence-corrected chi connectivity index (χ2v) is 4.60. The molecular weight excluding hydrogens is 376 g/mol. The fourth-order valence-corrected chi connectivity index (χ4v) is 2.57. The Labute approximate surface area is 111 Å². The van der Waals surface area contributed by atoms with E-state index in [4.69, 9.17) is 11.6 Å². The minimum absolute atomic E-state index is 0.0476. The third-order valence-electron chi connectivity index (χ3n) is 1.80. The van der Waals surface area contributed by atoms with Gasteiger partial charge in [-0.1, -0.05) is 27.5 Å². The normalized spacial score (nSPS) is 11.6. The molecule has 0 N–H and O–H groups in total. The number of halogens is 6. The van der Waals surface area contributed by atoms with Gasteiger partial charge in [-0.3, -0.25) is 4.79 Å². The molecule has 0 fully saturated rings. The summed E-state index contributed by atoms with van der Waals surface area (Å²) in [7, 11) is 0. The SMILES string of the molecule is O=C(CBr)c1ccc(Cl)c(C(F)(F)F)c1Br. The average Bonchev–Trinajstić information content (AvgIpc) is 2.14. The standard InChI is InChI=1S/C9H4Br2ClF3O/c10-3-6(16)4-1-2-5(12)7(8(4)11)9(13,14)15/h1-2H,3H2. The van der Waals surface area contributed by atoms with Crippen LogP contribution in [-0.4, -0.2) is 11.1 Å². The van der Waals surface area contributed by atoms with Gasteiger partial charge in [0.15, 0.2) is 5.78 Å². The molecule has 0 saturated carbocycles. The molecular formula is C9H4Br2ClF3O. The molecule has 0 amide bonds. The van der Waals surface area contributed by atoms with Crippen LogP contribution in [0.3, 0.4) is 0 Å². The van der Waals surface area contributed by atoms with Crippen LogP contribution in [0.5, 0.6) is 0 Å². The Kier molecular flexibility index (Phi) is 4.42. The fourth-order valence-electron chi connectivity index (χ4n) is 1.10. The van der Waals surface area contributed by atoms with E-state index in [1.807, 2.05) is 0 Å². The van der Waals surface area contributed by atoms with E-state index in [2.05, 4.69) is 31.9 Å². The van der Waals surface area contributed by atoms with Gasteiger partial charge in [-0.2, -0.15) is 13.2 Å². The number of alkyl halides is 4. The van der Waals surface area contributed by atoms with Gasteiger partial charge in [0.2, 0.25) is 0 Å². The number of carbonyl (C=O) groups is 1. The van der Waals surface area contributed by atoms with Gasteiger partial charge in [0, 0.05) is 10.0 Å². The van der Waals surface area contributed by atoms with Crippen LogP contribution in [-0.2, 0) is 6.18 Å². The Balaban J connectivity index is 3.45. The predicted molar refractivity (Wildman–Crippen MR) is 62.3 cm³/mol. The van der Waals surface area contributed by atoms with Crippen molar-refractivity contribution in [2.75, 3.05) is 5.33 Å². The molecule has 16 heavy (non-hydrogen) atoms. The van der Waals surface area contributed by atoms with Crippen LogP contribution < -0.4 is 0 Å². The summed E-state index contributed by atoms with van der Waals surface area (Å²) in [6.45, 7) is 0. The minimum atomic E-state index is -4.60. The zero-order valence-electron chi connectivity index (χ0n) is 7.54. The van der Waals surface area contributed by atoms with Crippen molar-refractivity contribution in [3.63, 3.8) is 0 Å². The highest BCUT2D eigenvalue weighted by Gasteiger charge is 2.37. The largest absolute Gasteiger partial charge is 0.418 e. The summed E-state index contributed by atoms with van der Waals surface area (Å²) in [6.07, 6.45) is -4.60. The van der Waals surface area contributed by atoms with Crippen LogP contribution in [0, 0.1) is 0 Å². The summed E-state index contributed by atoms with van der Waals surface area (Å²) in [5.41, 5.74) is -1.07. The van der Waals surface area contributed by atoms with Crippen molar-refractivity contribution in [3.05, 3.63) is 32.8 Å². The number of hydrogen-bond acceptors (Lipinski definition) is 1. The molecule has 0 heterocycles. The van der Waals surface area contributed by atoms with Crippen molar-refractivity contribution >= 4 is 49.2 Å². The van der Waals surface area contributed by atoms with Crippen molar-refractivity contribution < 1.29 is 18.0 Å². The molecule has 1 aromatic rings. The van der Waals surface area contributed by atoms with Gasteiger partial charge in [0.25, 0.3) is 0 Å². The van der Waals surface area contributed by atoms with E-state index >= 15 is 0 Å². The molecule has 0 aliphatic carbocycles. The fraction of sp³-hybridized carbons (Fsp3) is 0.222. The molecule has 88 valence electrons. The summed E-state index contributed by atoms with van der Waals surface area (Å²) in [4.78, 5) is 11.3. The van der Waals surface area contributed by atoms with E-state index in [0.717, 1.165) is 6.07 Å². The monoisotopic (exact) mass is 378 g/mol. The lowest BCUT2D eigenvalue weighted by Crippen LogP contribution is -2.11. The zero-order chi connectivity index (χ0) is 12.5. The van der Waals surface area contributed by atoms with Gasteiger partial charge in [0.1, 0.15) is 0 Å². The molecule has 0 spiro atoms. The molecule has 0 aromatic heterocycles. The smallest absolute Gasteiger partial charge is 0.293 e. The van der Waals surface area contributed by atoms with Gasteiger partial charge in [-0.15, -0.1) is 0 Å². The van der Waals surface area contributed by atoms with Crippen LogP contribution in [0.15, 0.2) is 16.6 Å². The van der Waals surface area contributed by atoms with Crippen LogP contribution in [0.2, 0.25) is 5.02 Å². The van der Waals surface area contributed by atoms with Gasteiger partial charge < -0.3 is 0 Å². The lowest BCUT2D eigenvalue weighted by atomic mass is 10.1. The van der Waals surface area contributed by atoms with Crippen LogP contribution in [0.1, 0.15) is 15.9 Å². The number of hydrogen-bond donors (Lipinski definition) is 0. The van der Waals surface area contributed by atoms with E-state index < -0.39 is 22.5 Å². The van der Waals surface area contributed by atoms with E-state index in [9.17, 15) is 18.0 Å². The van der Waals surface area contributed by atoms with E-state index in [1.165, 1.54) is 6.07 Å². The maximum atomic E-state index is 12.6. The Bertz CT molecular complexity index is 431. The number of benzene rings is 1. The number of Topliss-reactive ketones (excluding diaryl/α,β-unsaturated/α-hetero) is 1. The number of carbonyl (C=O) groups excluding carboxylic acids is 1. The first kappa shape index (κ1) is 14.0. The van der Waals surface area contributed by atoms with Crippen molar-refractivity contribution in [1.82, 2.24) is 0 Å². The Morgan fingerprint density at radius 1 is 1.38 bits per heavy atom. The average molecular weight is 380 g/mol. The van der Waals surface area contributed by atoms with Crippen molar-refractivity contribution in [2.45, 2.75) is 6.18 Å². The third-order valence-corrected chi connectivity index (χ3v) is 3.44. The van der Waals surface area contributed by atoms with Crippen molar-refractivity contribution in [3.8, 4) is 0 Å². The molecule has 0 bridgehead atoms. The summed E-state index contributed by atoms with van der Waals surface area (Å²) < 4.78 is 37.5. The second kappa shape index (κ2) is 5.06. The zero-order valence-corrected chi connectivity index (χ0v) is 11.5. The van der Waals surface area contributed by atoms with Gasteiger partial charge >= 0.3 is 6.18 Å².